The Morgan fingerprint density at radius 3 is 2.36 bits per heavy atom. The molecule has 2 N–H and O–H groups in total. The Labute approximate surface area is 87.0 Å². The van der Waals surface area contributed by atoms with E-state index in [1.165, 1.54) is 0 Å². The van der Waals surface area contributed by atoms with Gasteiger partial charge in [-0.15, -0.1) is 0 Å². The van der Waals surface area contributed by atoms with E-state index in [-0.39, 0.29) is 12.1 Å². The molecule has 0 aromatic heterocycles. The zero-order valence-corrected chi connectivity index (χ0v) is 9.68. The summed E-state index contributed by atoms with van der Waals surface area (Å²) in [5.41, 5.74) is 0.552. The van der Waals surface area contributed by atoms with Crippen LogP contribution in [0.4, 0.5) is 0 Å². The Bertz CT molecular complexity index is 199. The van der Waals surface area contributed by atoms with Gasteiger partial charge in [0, 0.05) is 11.6 Å². The minimum Gasteiger partial charge on any atom is -0.337 e. The first kappa shape index (κ1) is 13.2. The molecular weight excluding hydrogens is 176 g/mol. The van der Waals surface area contributed by atoms with Crippen LogP contribution in [0.5, 0.6) is 0 Å². The number of nitrogens with one attached hydrogen (secondary N) is 2. The molecule has 0 saturated carbocycles. The SMILES string of the molecule is C=C(C)C(=O)NC(CCC)NC(C)C. The highest BCUT2D eigenvalue weighted by molar-refractivity contribution is 5.92. The predicted molar refractivity (Wildman–Crippen MR) is 59.9 cm³/mol. The highest BCUT2D eigenvalue weighted by Gasteiger charge is 2.11. The number of carbonyl (C=O) groups excluding carboxylic acids is 1. The lowest BCUT2D eigenvalue weighted by Gasteiger charge is -2.22. The van der Waals surface area contributed by atoms with Gasteiger partial charge in [0.1, 0.15) is 0 Å². The van der Waals surface area contributed by atoms with Gasteiger partial charge in [0.25, 0.3) is 0 Å². The molecule has 0 aliphatic rings. The number of carbonyl (C=O) groups is 1. The lowest BCUT2D eigenvalue weighted by atomic mass is 10.2. The largest absolute Gasteiger partial charge is 0.337 e. The van der Waals surface area contributed by atoms with E-state index < -0.39 is 0 Å². The minimum absolute atomic E-state index is 0.0594. The molecule has 0 spiro atoms. The third-order valence-corrected chi connectivity index (χ3v) is 1.80. The summed E-state index contributed by atoms with van der Waals surface area (Å²) < 4.78 is 0. The summed E-state index contributed by atoms with van der Waals surface area (Å²) in [5, 5.41) is 6.19. The summed E-state index contributed by atoms with van der Waals surface area (Å²) in [6.07, 6.45) is 2.04. The van der Waals surface area contributed by atoms with Crippen molar-refractivity contribution in [3.63, 3.8) is 0 Å². The monoisotopic (exact) mass is 198 g/mol. The second-order valence-electron chi connectivity index (χ2n) is 3.92. The quantitative estimate of drug-likeness (QED) is 0.505. The molecule has 82 valence electrons. The van der Waals surface area contributed by atoms with Gasteiger partial charge in [0.2, 0.25) is 5.91 Å². The van der Waals surface area contributed by atoms with Crippen molar-refractivity contribution in [1.29, 1.82) is 0 Å². The molecule has 1 unspecified atom stereocenters. The molecule has 1 atom stereocenters. The van der Waals surface area contributed by atoms with Gasteiger partial charge in [0.15, 0.2) is 0 Å². The van der Waals surface area contributed by atoms with Crippen LogP contribution >= 0.6 is 0 Å². The normalized spacial score (nSPS) is 12.6. The van der Waals surface area contributed by atoms with E-state index in [4.69, 9.17) is 0 Å². The first-order valence-electron chi connectivity index (χ1n) is 5.19. The van der Waals surface area contributed by atoms with Crippen LogP contribution in [0, 0.1) is 0 Å². The second kappa shape index (κ2) is 6.60. The summed E-state index contributed by atoms with van der Waals surface area (Å²) in [4.78, 5) is 11.4. The van der Waals surface area contributed by atoms with Crippen LogP contribution in [0.15, 0.2) is 12.2 Å². The van der Waals surface area contributed by atoms with Crippen molar-refractivity contribution >= 4 is 5.91 Å². The van der Waals surface area contributed by atoms with E-state index in [2.05, 4.69) is 38.0 Å². The van der Waals surface area contributed by atoms with Crippen molar-refractivity contribution in [3.05, 3.63) is 12.2 Å². The Kier molecular flexibility index (Phi) is 6.21. The average molecular weight is 198 g/mol. The van der Waals surface area contributed by atoms with Gasteiger partial charge >= 0.3 is 0 Å². The van der Waals surface area contributed by atoms with Crippen molar-refractivity contribution in [2.75, 3.05) is 0 Å². The zero-order chi connectivity index (χ0) is 11.1. The molecule has 0 rings (SSSR count). The van der Waals surface area contributed by atoms with Crippen molar-refractivity contribution in [3.8, 4) is 0 Å². The Hall–Kier alpha value is -0.830. The summed E-state index contributed by atoms with van der Waals surface area (Å²) >= 11 is 0. The number of hydrogen-bond donors (Lipinski definition) is 2. The Morgan fingerprint density at radius 2 is 2.00 bits per heavy atom. The van der Waals surface area contributed by atoms with Crippen molar-refractivity contribution < 1.29 is 4.79 Å². The first-order valence-corrected chi connectivity index (χ1v) is 5.19. The smallest absolute Gasteiger partial charge is 0.247 e. The maximum Gasteiger partial charge on any atom is 0.247 e. The molecule has 0 radical (unpaired) electrons. The lowest BCUT2D eigenvalue weighted by Crippen LogP contribution is -2.48. The van der Waals surface area contributed by atoms with Gasteiger partial charge in [-0.1, -0.05) is 19.9 Å². The molecule has 14 heavy (non-hydrogen) atoms. The van der Waals surface area contributed by atoms with Crippen LogP contribution in [0.2, 0.25) is 0 Å². The van der Waals surface area contributed by atoms with Gasteiger partial charge in [-0.2, -0.15) is 0 Å². The van der Waals surface area contributed by atoms with Gasteiger partial charge in [-0.25, -0.2) is 0 Å². The molecule has 3 heteroatoms. The molecule has 1 amide bonds. The molecular formula is C11H22N2O. The van der Waals surface area contributed by atoms with Gasteiger partial charge in [-0.3, -0.25) is 10.1 Å². The first-order chi connectivity index (χ1) is 6.47. The summed E-state index contributed by atoms with van der Waals surface area (Å²) in [5.74, 6) is -0.0726. The Morgan fingerprint density at radius 1 is 1.43 bits per heavy atom. The van der Waals surface area contributed by atoms with E-state index in [0.29, 0.717) is 11.6 Å². The highest BCUT2D eigenvalue weighted by atomic mass is 16.1. The summed E-state index contributed by atoms with van der Waals surface area (Å²) in [6, 6.07) is 0.372. The zero-order valence-electron chi connectivity index (χ0n) is 9.68. The van der Waals surface area contributed by atoms with Gasteiger partial charge in [-0.05, 0) is 27.2 Å². The number of amides is 1. The predicted octanol–water partition coefficient (Wildman–Crippen LogP) is 1.80. The maximum absolute atomic E-state index is 11.4. The van der Waals surface area contributed by atoms with Crippen LogP contribution in [0.1, 0.15) is 40.5 Å². The van der Waals surface area contributed by atoms with Gasteiger partial charge < -0.3 is 5.32 Å². The standard InChI is InChI=1S/C11H22N2O/c1-6-7-10(12-9(4)5)13-11(14)8(2)3/h9-10,12H,2,6-7H2,1,3-5H3,(H,13,14). The minimum atomic E-state index is -0.0726. The van der Waals surface area contributed by atoms with Crippen LogP contribution in [0.25, 0.3) is 0 Å². The molecule has 0 aromatic carbocycles. The molecule has 0 aliphatic carbocycles. The van der Waals surface area contributed by atoms with Crippen LogP contribution < -0.4 is 10.6 Å². The fourth-order valence-electron chi connectivity index (χ4n) is 1.17. The van der Waals surface area contributed by atoms with Gasteiger partial charge in [0.05, 0.1) is 6.17 Å². The second-order valence-corrected chi connectivity index (χ2v) is 3.92. The van der Waals surface area contributed by atoms with E-state index >= 15 is 0 Å². The third kappa shape index (κ3) is 5.75. The van der Waals surface area contributed by atoms with Crippen molar-refractivity contribution in [2.24, 2.45) is 0 Å². The summed E-state index contributed by atoms with van der Waals surface area (Å²) in [6.45, 7) is 11.6. The molecule has 0 heterocycles. The molecule has 0 bridgehead atoms. The molecule has 3 nitrogen and oxygen atoms in total. The number of hydrogen-bond acceptors (Lipinski definition) is 2. The van der Waals surface area contributed by atoms with E-state index in [9.17, 15) is 4.79 Å². The molecule has 0 aromatic rings. The fourth-order valence-corrected chi connectivity index (χ4v) is 1.17. The topological polar surface area (TPSA) is 41.1 Å². The van der Waals surface area contributed by atoms with Crippen LogP contribution in [-0.4, -0.2) is 18.1 Å². The molecule has 0 aliphatic heterocycles. The molecule has 0 saturated heterocycles. The Balaban J connectivity index is 4.08. The van der Waals surface area contributed by atoms with Crippen molar-refractivity contribution in [2.45, 2.75) is 52.7 Å². The van der Waals surface area contributed by atoms with E-state index in [0.717, 1.165) is 12.8 Å². The lowest BCUT2D eigenvalue weighted by molar-refractivity contribution is -0.118. The van der Waals surface area contributed by atoms with E-state index in [1.54, 1.807) is 6.92 Å². The van der Waals surface area contributed by atoms with E-state index in [1.807, 2.05) is 0 Å². The van der Waals surface area contributed by atoms with Crippen LogP contribution in [-0.2, 0) is 4.79 Å². The summed E-state index contributed by atoms with van der Waals surface area (Å²) in [7, 11) is 0. The highest BCUT2D eigenvalue weighted by Crippen LogP contribution is 1.97. The van der Waals surface area contributed by atoms with Crippen molar-refractivity contribution in [1.82, 2.24) is 10.6 Å². The number of rotatable bonds is 6. The molecule has 0 fully saturated rings. The fraction of sp³-hybridized carbons (Fsp3) is 0.727. The van der Waals surface area contributed by atoms with Crippen LogP contribution in [0.3, 0.4) is 0 Å². The average Bonchev–Trinajstić information content (AvgIpc) is 2.02. The maximum atomic E-state index is 11.4. The third-order valence-electron chi connectivity index (χ3n) is 1.80.